The average molecular weight is 148 g/mol. The number of aromatic nitrogens is 2. The molecule has 1 rings (SSSR count). The Morgan fingerprint density at radius 1 is 1.67 bits per heavy atom. The van der Waals surface area contributed by atoms with E-state index >= 15 is 0 Å². The maximum Gasteiger partial charge on any atom is 0.391 e. The highest BCUT2D eigenvalue weighted by Gasteiger charge is 2.18. The zero-order chi connectivity index (χ0) is 6.91. The molecule has 0 atom stereocenters. The Kier molecular flexibility index (Phi) is 1.40. The second-order valence-electron chi connectivity index (χ2n) is 1.46. The Morgan fingerprint density at radius 2 is 2.33 bits per heavy atom. The summed E-state index contributed by atoms with van der Waals surface area (Å²) in [5, 5.41) is 0. The minimum absolute atomic E-state index is 0.289. The number of H-pyrrole nitrogens is 1. The van der Waals surface area contributed by atoms with E-state index in [1.807, 2.05) is 0 Å². The van der Waals surface area contributed by atoms with Crippen LogP contribution < -0.4 is 5.57 Å². The number of rotatable bonds is 1. The molecule has 5 nitrogen and oxygen atoms in total. The quantitative estimate of drug-likeness (QED) is 0.455. The van der Waals surface area contributed by atoms with Gasteiger partial charge >= 0.3 is 7.60 Å². The molecule has 50 valence electrons. The first kappa shape index (κ1) is 6.48. The Bertz CT molecular complexity index is 225. The maximum atomic E-state index is 10.3. The van der Waals surface area contributed by atoms with Gasteiger partial charge in [0.1, 0.15) is 0 Å². The summed E-state index contributed by atoms with van der Waals surface area (Å²) >= 11 is 0. The van der Waals surface area contributed by atoms with Gasteiger partial charge in [0.2, 0.25) is 5.57 Å². The summed E-state index contributed by atoms with van der Waals surface area (Å²) in [5.74, 6) is 0. The highest BCUT2D eigenvalue weighted by molar-refractivity contribution is 7.59. The van der Waals surface area contributed by atoms with Gasteiger partial charge in [-0.2, -0.15) is 0 Å². The number of nitrogens with zero attached hydrogens (tertiary/aromatic N) is 1. The van der Waals surface area contributed by atoms with Gasteiger partial charge in [0.25, 0.3) is 0 Å². The van der Waals surface area contributed by atoms with Gasteiger partial charge in [0.15, 0.2) is 0 Å². The average Bonchev–Trinajstić information content (AvgIpc) is 2.08. The molecule has 3 N–H and O–H groups in total. The van der Waals surface area contributed by atoms with Crippen molar-refractivity contribution in [3.8, 4) is 0 Å². The fourth-order valence-corrected chi connectivity index (χ4v) is 0.876. The van der Waals surface area contributed by atoms with Crippen LogP contribution in [-0.4, -0.2) is 19.8 Å². The highest BCUT2D eigenvalue weighted by Crippen LogP contribution is 2.30. The van der Waals surface area contributed by atoms with Gasteiger partial charge in [-0.25, -0.2) is 4.98 Å². The molecule has 0 saturated carbocycles. The van der Waals surface area contributed by atoms with Crippen LogP contribution in [0.25, 0.3) is 0 Å². The lowest BCUT2D eigenvalue weighted by Crippen LogP contribution is -2.07. The van der Waals surface area contributed by atoms with E-state index in [1.54, 1.807) is 0 Å². The van der Waals surface area contributed by atoms with E-state index < -0.39 is 7.60 Å². The smallest absolute Gasteiger partial charge is 0.338 e. The summed E-state index contributed by atoms with van der Waals surface area (Å²) in [4.78, 5) is 22.5. The molecule has 0 aliphatic rings. The van der Waals surface area contributed by atoms with Gasteiger partial charge in [0, 0.05) is 12.4 Å². The Balaban J connectivity index is 3.04. The lowest BCUT2D eigenvalue weighted by atomic mass is 11.0. The van der Waals surface area contributed by atoms with Crippen molar-refractivity contribution in [1.82, 2.24) is 9.97 Å². The summed E-state index contributed by atoms with van der Waals surface area (Å²) in [6, 6.07) is 0. The van der Waals surface area contributed by atoms with Crippen molar-refractivity contribution in [3.05, 3.63) is 12.4 Å². The Hall–Kier alpha value is -0.640. The van der Waals surface area contributed by atoms with E-state index in [0.717, 1.165) is 0 Å². The molecule has 0 spiro atoms. The Labute approximate surface area is 50.9 Å². The molecule has 0 aliphatic carbocycles. The SMILES string of the molecule is O=P(O)(O)c1ncc[nH]1. The molecule has 1 aromatic heterocycles. The van der Waals surface area contributed by atoms with Gasteiger partial charge < -0.3 is 14.8 Å². The monoisotopic (exact) mass is 148 g/mol. The topological polar surface area (TPSA) is 86.2 Å². The third-order valence-corrected chi connectivity index (χ3v) is 1.56. The second kappa shape index (κ2) is 1.95. The van der Waals surface area contributed by atoms with Crippen LogP contribution in [0, 0.1) is 0 Å². The van der Waals surface area contributed by atoms with Crippen molar-refractivity contribution in [2.45, 2.75) is 0 Å². The van der Waals surface area contributed by atoms with Crippen LogP contribution in [0.4, 0.5) is 0 Å². The van der Waals surface area contributed by atoms with Crippen molar-refractivity contribution in [3.63, 3.8) is 0 Å². The normalized spacial score (nSPS) is 11.8. The van der Waals surface area contributed by atoms with E-state index in [9.17, 15) is 4.57 Å². The van der Waals surface area contributed by atoms with E-state index in [1.165, 1.54) is 12.4 Å². The van der Waals surface area contributed by atoms with Gasteiger partial charge in [-0.05, 0) is 0 Å². The van der Waals surface area contributed by atoms with Crippen LogP contribution in [0.3, 0.4) is 0 Å². The van der Waals surface area contributed by atoms with Gasteiger partial charge in [-0.1, -0.05) is 0 Å². The summed E-state index contributed by atoms with van der Waals surface area (Å²) in [6.07, 6.45) is 2.64. The van der Waals surface area contributed by atoms with E-state index in [0.29, 0.717) is 0 Å². The highest BCUT2D eigenvalue weighted by atomic mass is 31.2. The first-order valence-electron chi connectivity index (χ1n) is 2.16. The number of aromatic amines is 1. The van der Waals surface area contributed by atoms with Crippen LogP contribution in [0.2, 0.25) is 0 Å². The molecule has 0 amide bonds. The minimum Gasteiger partial charge on any atom is -0.338 e. The van der Waals surface area contributed by atoms with Crippen LogP contribution in [0.1, 0.15) is 0 Å². The van der Waals surface area contributed by atoms with Crippen LogP contribution in [0.15, 0.2) is 12.4 Å². The predicted octanol–water partition coefficient (Wildman–Crippen LogP) is -0.787. The maximum absolute atomic E-state index is 10.3. The lowest BCUT2D eigenvalue weighted by Gasteiger charge is -1.95. The molecule has 0 unspecified atom stereocenters. The molecule has 1 heterocycles. The molecule has 0 aromatic carbocycles. The van der Waals surface area contributed by atoms with Crippen molar-refractivity contribution < 1.29 is 14.4 Å². The third-order valence-electron chi connectivity index (χ3n) is 0.760. The third kappa shape index (κ3) is 1.38. The molecule has 9 heavy (non-hydrogen) atoms. The van der Waals surface area contributed by atoms with Crippen molar-refractivity contribution in [2.24, 2.45) is 0 Å². The Morgan fingerprint density at radius 3 is 2.56 bits per heavy atom. The first-order chi connectivity index (χ1) is 4.11. The van der Waals surface area contributed by atoms with Gasteiger partial charge in [-0.15, -0.1) is 0 Å². The first-order valence-corrected chi connectivity index (χ1v) is 3.77. The molecule has 0 saturated heterocycles. The van der Waals surface area contributed by atoms with Crippen molar-refractivity contribution >= 4 is 13.2 Å². The summed E-state index contributed by atoms with van der Waals surface area (Å²) < 4.78 is 10.3. The predicted molar refractivity (Wildman–Crippen MR) is 30.3 cm³/mol. The number of hydrogen-bond donors (Lipinski definition) is 3. The summed E-state index contributed by atoms with van der Waals surface area (Å²) in [7, 11) is -4.14. The van der Waals surface area contributed by atoms with E-state index in [-0.39, 0.29) is 5.57 Å². The molecule has 0 aliphatic heterocycles. The summed E-state index contributed by atoms with van der Waals surface area (Å²) in [5.41, 5.74) is -0.289. The fourth-order valence-electron chi connectivity index (χ4n) is 0.416. The molecule has 6 heteroatoms. The standard InChI is InChI=1S/C3H5N2O3P/c6-9(7,8)3-4-1-2-5-3/h1-2H,(H,4,5)(H2,6,7,8). The van der Waals surface area contributed by atoms with Gasteiger partial charge in [0.05, 0.1) is 0 Å². The summed E-state index contributed by atoms with van der Waals surface area (Å²) in [6.45, 7) is 0. The lowest BCUT2D eigenvalue weighted by molar-refractivity contribution is 0.385. The van der Waals surface area contributed by atoms with Crippen molar-refractivity contribution in [2.75, 3.05) is 0 Å². The van der Waals surface area contributed by atoms with Crippen molar-refractivity contribution in [1.29, 1.82) is 0 Å². The second-order valence-corrected chi connectivity index (χ2v) is 2.97. The molecule has 0 bridgehead atoms. The molecular weight excluding hydrogens is 143 g/mol. The van der Waals surface area contributed by atoms with E-state index in [2.05, 4.69) is 9.97 Å². The molecule has 0 radical (unpaired) electrons. The molecular formula is C3H5N2O3P. The van der Waals surface area contributed by atoms with Crippen LogP contribution >= 0.6 is 7.60 Å². The largest absolute Gasteiger partial charge is 0.391 e. The number of hydrogen-bond acceptors (Lipinski definition) is 2. The zero-order valence-electron chi connectivity index (χ0n) is 4.35. The minimum atomic E-state index is -4.14. The van der Waals surface area contributed by atoms with Gasteiger partial charge in [-0.3, -0.25) is 4.57 Å². The number of nitrogens with one attached hydrogen (secondary N) is 1. The number of imidazole rings is 1. The van der Waals surface area contributed by atoms with E-state index in [4.69, 9.17) is 9.79 Å². The molecule has 1 aromatic rings. The van der Waals surface area contributed by atoms with Crippen LogP contribution in [0.5, 0.6) is 0 Å². The molecule has 0 fully saturated rings. The zero-order valence-corrected chi connectivity index (χ0v) is 5.25. The fraction of sp³-hybridized carbons (Fsp3) is 0. The van der Waals surface area contributed by atoms with Crippen LogP contribution in [-0.2, 0) is 4.57 Å².